The largest absolute Gasteiger partial charge is 0.310 e. The monoisotopic (exact) mass is 234 g/mol. The molecule has 2 aromatic rings. The van der Waals surface area contributed by atoms with Crippen molar-refractivity contribution in [2.24, 2.45) is 5.92 Å². The number of pyridine rings is 1. The molecule has 0 aromatic carbocycles. The first-order chi connectivity index (χ1) is 8.16. The van der Waals surface area contributed by atoms with E-state index in [1.54, 1.807) is 12.3 Å². The van der Waals surface area contributed by atoms with Gasteiger partial charge < -0.3 is 5.32 Å². The Morgan fingerprint density at radius 2 is 2.06 bits per heavy atom. The van der Waals surface area contributed by atoms with E-state index in [0.717, 1.165) is 11.0 Å². The van der Waals surface area contributed by atoms with E-state index >= 15 is 0 Å². The Morgan fingerprint density at radius 1 is 1.35 bits per heavy atom. The number of nitrogens with zero attached hydrogens (tertiary/aromatic N) is 2. The molecule has 0 aliphatic rings. The van der Waals surface area contributed by atoms with Crippen LogP contribution in [0.15, 0.2) is 18.3 Å². The molecule has 5 heteroatoms. The average Bonchev–Trinajstić information content (AvgIpc) is 2.78. The summed E-state index contributed by atoms with van der Waals surface area (Å²) in [5, 5.41) is 9.39. The van der Waals surface area contributed by atoms with Crippen LogP contribution in [0, 0.1) is 5.92 Å². The number of fused-ring (bicyclic) bond motifs is 1. The van der Waals surface area contributed by atoms with Gasteiger partial charge in [-0.05, 0) is 12.1 Å². The third-order valence-corrected chi connectivity index (χ3v) is 2.07. The van der Waals surface area contributed by atoms with Crippen LogP contribution < -0.4 is 5.32 Å². The fourth-order valence-corrected chi connectivity index (χ4v) is 1.17. The SMILES string of the molecule is CC.CC(C)C(=O)Nc1ccc2[nH]ncc2n1. The lowest BCUT2D eigenvalue weighted by atomic mass is 10.2. The van der Waals surface area contributed by atoms with Crippen molar-refractivity contribution in [3.05, 3.63) is 18.3 Å². The van der Waals surface area contributed by atoms with Gasteiger partial charge in [-0.1, -0.05) is 27.7 Å². The Morgan fingerprint density at radius 3 is 2.71 bits per heavy atom. The predicted octanol–water partition coefficient (Wildman–Crippen LogP) is 2.58. The topological polar surface area (TPSA) is 70.7 Å². The van der Waals surface area contributed by atoms with Crippen molar-refractivity contribution in [1.82, 2.24) is 15.2 Å². The molecule has 1 amide bonds. The number of anilines is 1. The molecule has 2 rings (SSSR count). The molecule has 0 bridgehead atoms. The van der Waals surface area contributed by atoms with Gasteiger partial charge in [-0.2, -0.15) is 5.10 Å². The Kier molecular flexibility index (Phi) is 4.63. The minimum atomic E-state index is -0.0492. The van der Waals surface area contributed by atoms with Crippen LogP contribution in [0.5, 0.6) is 0 Å². The van der Waals surface area contributed by atoms with E-state index in [0.29, 0.717) is 5.82 Å². The lowest BCUT2D eigenvalue weighted by molar-refractivity contribution is -0.118. The van der Waals surface area contributed by atoms with E-state index in [2.05, 4.69) is 20.5 Å². The summed E-state index contributed by atoms with van der Waals surface area (Å²) in [5.41, 5.74) is 1.61. The second-order valence-electron chi connectivity index (χ2n) is 3.64. The Labute approximate surface area is 101 Å². The molecule has 0 fully saturated rings. The summed E-state index contributed by atoms with van der Waals surface area (Å²) >= 11 is 0. The minimum absolute atomic E-state index is 0.0367. The van der Waals surface area contributed by atoms with Crippen LogP contribution in [0.25, 0.3) is 11.0 Å². The number of nitrogens with one attached hydrogen (secondary N) is 2. The molecule has 0 atom stereocenters. The molecular weight excluding hydrogens is 216 g/mol. The molecule has 17 heavy (non-hydrogen) atoms. The normalized spacial score (nSPS) is 9.94. The van der Waals surface area contributed by atoms with E-state index < -0.39 is 0 Å². The number of amides is 1. The highest BCUT2D eigenvalue weighted by molar-refractivity contribution is 5.92. The number of hydrogen-bond acceptors (Lipinski definition) is 3. The Balaban J connectivity index is 0.000000686. The smallest absolute Gasteiger partial charge is 0.228 e. The van der Waals surface area contributed by atoms with Gasteiger partial charge in [-0.3, -0.25) is 9.89 Å². The molecule has 0 aliphatic carbocycles. The summed E-state index contributed by atoms with van der Waals surface area (Å²) in [6.45, 7) is 7.68. The average molecular weight is 234 g/mol. The van der Waals surface area contributed by atoms with Gasteiger partial charge in [0.1, 0.15) is 11.3 Å². The molecule has 0 saturated carbocycles. The first kappa shape index (κ1) is 13.2. The van der Waals surface area contributed by atoms with Gasteiger partial charge in [0, 0.05) is 5.92 Å². The first-order valence-electron chi connectivity index (χ1n) is 5.78. The molecule has 2 N–H and O–H groups in total. The number of hydrogen-bond donors (Lipinski definition) is 2. The maximum atomic E-state index is 11.4. The number of carbonyl (C=O) groups excluding carboxylic acids is 1. The summed E-state index contributed by atoms with van der Waals surface area (Å²) in [6.07, 6.45) is 1.63. The predicted molar refractivity (Wildman–Crippen MR) is 68.7 cm³/mol. The molecule has 5 nitrogen and oxygen atoms in total. The standard InChI is InChI=1S/C10H12N4O.C2H6/c1-6(2)10(15)13-9-4-3-7-8(12-9)5-11-14-7;1-2/h3-6H,1-2H3,(H,11,14)(H,12,13,15);1-2H3. The van der Waals surface area contributed by atoms with Crippen molar-refractivity contribution >= 4 is 22.8 Å². The fraction of sp³-hybridized carbons (Fsp3) is 0.417. The van der Waals surface area contributed by atoms with Gasteiger partial charge in [0.25, 0.3) is 0 Å². The molecule has 0 aliphatic heterocycles. The van der Waals surface area contributed by atoms with Gasteiger partial charge >= 0.3 is 0 Å². The zero-order chi connectivity index (χ0) is 12.8. The maximum absolute atomic E-state index is 11.4. The van der Waals surface area contributed by atoms with Gasteiger partial charge in [0.2, 0.25) is 5.91 Å². The third-order valence-electron chi connectivity index (χ3n) is 2.07. The fourth-order valence-electron chi connectivity index (χ4n) is 1.17. The highest BCUT2D eigenvalue weighted by atomic mass is 16.1. The Hall–Kier alpha value is -1.91. The first-order valence-corrected chi connectivity index (χ1v) is 5.78. The number of aromatic nitrogens is 3. The summed E-state index contributed by atoms with van der Waals surface area (Å²) in [5.74, 6) is 0.472. The lowest BCUT2D eigenvalue weighted by Gasteiger charge is -2.06. The van der Waals surface area contributed by atoms with Crippen molar-refractivity contribution in [3.8, 4) is 0 Å². The van der Waals surface area contributed by atoms with Crippen molar-refractivity contribution in [2.45, 2.75) is 27.7 Å². The number of aromatic amines is 1. The zero-order valence-corrected chi connectivity index (χ0v) is 10.6. The number of H-pyrrole nitrogens is 1. The highest BCUT2D eigenvalue weighted by Crippen LogP contribution is 2.12. The van der Waals surface area contributed by atoms with Crippen LogP contribution in [0.2, 0.25) is 0 Å². The Bertz CT molecular complexity index is 490. The van der Waals surface area contributed by atoms with E-state index in [1.807, 2.05) is 33.8 Å². The van der Waals surface area contributed by atoms with Crippen LogP contribution >= 0.6 is 0 Å². The van der Waals surface area contributed by atoms with Crippen LogP contribution in [0.1, 0.15) is 27.7 Å². The van der Waals surface area contributed by atoms with Gasteiger partial charge in [-0.25, -0.2) is 4.98 Å². The van der Waals surface area contributed by atoms with E-state index in [9.17, 15) is 4.79 Å². The lowest BCUT2D eigenvalue weighted by Crippen LogP contribution is -2.18. The molecule has 0 saturated heterocycles. The highest BCUT2D eigenvalue weighted by Gasteiger charge is 2.08. The van der Waals surface area contributed by atoms with E-state index in [-0.39, 0.29) is 11.8 Å². The quantitative estimate of drug-likeness (QED) is 0.839. The summed E-state index contributed by atoms with van der Waals surface area (Å²) < 4.78 is 0. The molecule has 0 spiro atoms. The van der Waals surface area contributed by atoms with E-state index in [1.165, 1.54) is 0 Å². The van der Waals surface area contributed by atoms with Crippen LogP contribution in [0.4, 0.5) is 5.82 Å². The van der Waals surface area contributed by atoms with Crippen molar-refractivity contribution in [1.29, 1.82) is 0 Å². The number of carbonyl (C=O) groups is 1. The van der Waals surface area contributed by atoms with Gasteiger partial charge in [0.05, 0.1) is 11.7 Å². The van der Waals surface area contributed by atoms with E-state index in [4.69, 9.17) is 0 Å². The molecule has 0 unspecified atom stereocenters. The van der Waals surface area contributed by atoms with Crippen LogP contribution in [-0.4, -0.2) is 21.1 Å². The molecular formula is C12H18N4O. The van der Waals surface area contributed by atoms with Gasteiger partial charge in [-0.15, -0.1) is 0 Å². The molecule has 0 radical (unpaired) electrons. The van der Waals surface area contributed by atoms with Gasteiger partial charge in [0.15, 0.2) is 0 Å². The van der Waals surface area contributed by atoms with Crippen LogP contribution in [-0.2, 0) is 4.79 Å². The second kappa shape index (κ2) is 5.98. The van der Waals surface area contributed by atoms with Crippen molar-refractivity contribution < 1.29 is 4.79 Å². The summed E-state index contributed by atoms with van der Waals surface area (Å²) in [7, 11) is 0. The third kappa shape index (κ3) is 3.27. The molecule has 2 heterocycles. The molecule has 2 aromatic heterocycles. The number of rotatable bonds is 2. The summed E-state index contributed by atoms with van der Waals surface area (Å²) in [6, 6.07) is 3.59. The van der Waals surface area contributed by atoms with Crippen molar-refractivity contribution in [3.63, 3.8) is 0 Å². The second-order valence-corrected chi connectivity index (χ2v) is 3.64. The van der Waals surface area contributed by atoms with Crippen LogP contribution in [0.3, 0.4) is 0 Å². The molecule has 92 valence electrons. The summed E-state index contributed by atoms with van der Waals surface area (Å²) in [4.78, 5) is 15.6. The zero-order valence-electron chi connectivity index (χ0n) is 10.6. The minimum Gasteiger partial charge on any atom is -0.310 e. The maximum Gasteiger partial charge on any atom is 0.228 e. The van der Waals surface area contributed by atoms with Crippen molar-refractivity contribution in [2.75, 3.05) is 5.32 Å².